The van der Waals surface area contributed by atoms with Crippen LogP contribution >= 0.6 is 0 Å². The molecule has 94 valence electrons. The van der Waals surface area contributed by atoms with Gasteiger partial charge in [-0.05, 0) is 19.1 Å². The molecule has 2 aromatic rings. The first kappa shape index (κ1) is 12.0. The summed E-state index contributed by atoms with van der Waals surface area (Å²) >= 11 is 0. The average Bonchev–Trinajstić information content (AvgIpc) is 2.65. The molecule has 0 bridgehead atoms. The number of aromatic nitrogens is 2. The van der Waals surface area contributed by atoms with Gasteiger partial charge < -0.3 is 15.1 Å². The van der Waals surface area contributed by atoms with Crippen LogP contribution < -0.4 is 4.74 Å². The van der Waals surface area contributed by atoms with E-state index in [-0.39, 0.29) is 17.2 Å². The maximum Gasteiger partial charge on any atom is 0.357 e. The Morgan fingerprint density at radius 1 is 1.44 bits per heavy atom. The SMILES string of the molecule is COc1cccc(-c2nc(C)c(C(=O)O)n2O)c1. The highest BCUT2D eigenvalue weighted by Crippen LogP contribution is 2.24. The van der Waals surface area contributed by atoms with Crippen LogP contribution in [0.25, 0.3) is 11.4 Å². The van der Waals surface area contributed by atoms with Crippen molar-refractivity contribution < 1.29 is 19.8 Å². The molecule has 0 radical (unpaired) electrons. The lowest BCUT2D eigenvalue weighted by Crippen LogP contribution is -2.07. The first-order valence-electron chi connectivity index (χ1n) is 5.21. The monoisotopic (exact) mass is 248 g/mol. The summed E-state index contributed by atoms with van der Waals surface area (Å²) in [6, 6.07) is 6.86. The highest BCUT2D eigenvalue weighted by Gasteiger charge is 2.20. The molecule has 2 N–H and O–H groups in total. The largest absolute Gasteiger partial charge is 0.497 e. The van der Waals surface area contributed by atoms with Crippen molar-refractivity contribution in [1.82, 2.24) is 9.71 Å². The van der Waals surface area contributed by atoms with Gasteiger partial charge in [0.25, 0.3) is 0 Å². The van der Waals surface area contributed by atoms with Crippen molar-refractivity contribution in [3.8, 4) is 17.1 Å². The van der Waals surface area contributed by atoms with Crippen LogP contribution in [0.15, 0.2) is 24.3 Å². The summed E-state index contributed by atoms with van der Waals surface area (Å²) < 4.78 is 5.64. The Bertz CT molecular complexity index is 604. The molecule has 2 rings (SSSR count). The van der Waals surface area contributed by atoms with E-state index in [9.17, 15) is 10.0 Å². The molecule has 0 aliphatic rings. The summed E-state index contributed by atoms with van der Waals surface area (Å²) in [5.74, 6) is -0.453. The molecule has 0 atom stereocenters. The second-order valence-corrected chi connectivity index (χ2v) is 3.72. The minimum Gasteiger partial charge on any atom is -0.497 e. The quantitative estimate of drug-likeness (QED) is 0.809. The summed E-state index contributed by atoms with van der Waals surface area (Å²) in [6.45, 7) is 1.53. The van der Waals surface area contributed by atoms with Crippen LogP contribution in [0, 0.1) is 6.92 Å². The van der Waals surface area contributed by atoms with Crippen molar-refractivity contribution in [2.24, 2.45) is 0 Å². The molecule has 6 heteroatoms. The van der Waals surface area contributed by atoms with Gasteiger partial charge in [-0.3, -0.25) is 0 Å². The number of ether oxygens (including phenoxy) is 1. The van der Waals surface area contributed by atoms with E-state index in [1.165, 1.54) is 14.0 Å². The Kier molecular flexibility index (Phi) is 2.93. The molecule has 1 aromatic heterocycles. The molecule has 0 aliphatic heterocycles. The molecule has 0 unspecified atom stereocenters. The Morgan fingerprint density at radius 2 is 2.17 bits per heavy atom. The second-order valence-electron chi connectivity index (χ2n) is 3.72. The summed E-state index contributed by atoms with van der Waals surface area (Å²) in [5.41, 5.74) is 0.586. The van der Waals surface area contributed by atoms with E-state index in [2.05, 4.69) is 4.98 Å². The fraction of sp³-hybridized carbons (Fsp3) is 0.167. The number of aromatic carboxylic acids is 1. The number of nitrogens with zero attached hydrogens (tertiary/aromatic N) is 2. The lowest BCUT2D eigenvalue weighted by Gasteiger charge is -2.04. The zero-order valence-corrected chi connectivity index (χ0v) is 9.91. The molecule has 6 nitrogen and oxygen atoms in total. The van der Waals surface area contributed by atoms with Crippen LogP contribution in [0.5, 0.6) is 5.75 Å². The molecule has 0 amide bonds. The fourth-order valence-electron chi connectivity index (χ4n) is 1.71. The predicted octanol–water partition coefficient (Wildman–Crippen LogP) is 1.80. The zero-order valence-electron chi connectivity index (χ0n) is 9.91. The number of hydrogen-bond donors (Lipinski definition) is 2. The summed E-state index contributed by atoms with van der Waals surface area (Å²) in [6.07, 6.45) is 0. The molecular weight excluding hydrogens is 236 g/mol. The van der Waals surface area contributed by atoms with Gasteiger partial charge in [-0.1, -0.05) is 12.1 Å². The smallest absolute Gasteiger partial charge is 0.357 e. The van der Waals surface area contributed by atoms with Crippen molar-refractivity contribution in [3.05, 3.63) is 35.7 Å². The van der Waals surface area contributed by atoms with Crippen molar-refractivity contribution in [2.75, 3.05) is 7.11 Å². The Balaban J connectivity index is 2.57. The Hall–Kier alpha value is -2.50. The van der Waals surface area contributed by atoms with Crippen LogP contribution in [0.2, 0.25) is 0 Å². The minimum absolute atomic E-state index is 0.170. The molecule has 0 fully saturated rings. The number of rotatable bonds is 3. The van der Waals surface area contributed by atoms with Gasteiger partial charge in [0.1, 0.15) is 5.75 Å². The second kappa shape index (κ2) is 4.40. The van der Waals surface area contributed by atoms with Crippen LogP contribution in [-0.4, -0.2) is 33.1 Å². The number of aryl methyl sites for hydroxylation is 1. The van der Waals surface area contributed by atoms with E-state index in [0.717, 1.165) is 0 Å². The number of carboxylic acids is 1. The van der Waals surface area contributed by atoms with Gasteiger partial charge in [-0.2, -0.15) is 4.73 Å². The van der Waals surface area contributed by atoms with Crippen molar-refractivity contribution in [3.63, 3.8) is 0 Å². The molecule has 18 heavy (non-hydrogen) atoms. The maximum absolute atomic E-state index is 11.0. The summed E-state index contributed by atoms with van der Waals surface area (Å²) in [5, 5.41) is 18.8. The topological polar surface area (TPSA) is 84.6 Å². The van der Waals surface area contributed by atoms with Gasteiger partial charge in [0.05, 0.1) is 12.8 Å². The predicted molar refractivity (Wildman–Crippen MR) is 63.1 cm³/mol. The van der Waals surface area contributed by atoms with Crippen LogP contribution in [0.3, 0.4) is 0 Å². The van der Waals surface area contributed by atoms with Gasteiger partial charge in [0.15, 0.2) is 11.5 Å². The van der Waals surface area contributed by atoms with Gasteiger partial charge in [0, 0.05) is 5.56 Å². The number of methoxy groups -OCH3 is 1. The zero-order chi connectivity index (χ0) is 13.3. The average molecular weight is 248 g/mol. The first-order valence-corrected chi connectivity index (χ1v) is 5.21. The normalized spacial score (nSPS) is 10.3. The van der Waals surface area contributed by atoms with Crippen molar-refractivity contribution in [2.45, 2.75) is 6.92 Å². The minimum atomic E-state index is -1.23. The van der Waals surface area contributed by atoms with Gasteiger partial charge in [-0.25, -0.2) is 9.78 Å². The van der Waals surface area contributed by atoms with Crippen LogP contribution in [-0.2, 0) is 0 Å². The lowest BCUT2D eigenvalue weighted by atomic mass is 10.2. The molecule has 0 saturated carbocycles. The fourth-order valence-corrected chi connectivity index (χ4v) is 1.71. The molecule has 0 saturated heterocycles. The van der Waals surface area contributed by atoms with Gasteiger partial charge in [-0.15, -0.1) is 0 Å². The van der Waals surface area contributed by atoms with E-state index in [4.69, 9.17) is 9.84 Å². The standard InChI is InChI=1S/C12H12N2O4/c1-7-10(12(15)16)14(17)11(13-7)8-4-3-5-9(6-8)18-2/h3-6,17H,1-2H3,(H,15,16). The summed E-state index contributed by atoms with van der Waals surface area (Å²) in [4.78, 5) is 15.0. The van der Waals surface area contributed by atoms with E-state index >= 15 is 0 Å². The van der Waals surface area contributed by atoms with Crippen molar-refractivity contribution in [1.29, 1.82) is 0 Å². The number of hydrogen-bond acceptors (Lipinski definition) is 4. The maximum atomic E-state index is 11.0. The lowest BCUT2D eigenvalue weighted by molar-refractivity contribution is 0.0645. The molecular formula is C12H12N2O4. The molecule has 0 spiro atoms. The molecule has 1 heterocycles. The number of carbonyl (C=O) groups is 1. The molecule has 0 aliphatic carbocycles. The van der Waals surface area contributed by atoms with Gasteiger partial charge in [0.2, 0.25) is 0 Å². The van der Waals surface area contributed by atoms with E-state index in [1.54, 1.807) is 24.3 Å². The highest BCUT2D eigenvalue weighted by molar-refractivity contribution is 5.88. The van der Waals surface area contributed by atoms with Crippen LogP contribution in [0.4, 0.5) is 0 Å². The van der Waals surface area contributed by atoms with E-state index in [0.29, 0.717) is 16.0 Å². The third-order valence-electron chi connectivity index (χ3n) is 2.56. The van der Waals surface area contributed by atoms with Crippen LogP contribution in [0.1, 0.15) is 16.2 Å². The van der Waals surface area contributed by atoms with Crippen molar-refractivity contribution >= 4 is 5.97 Å². The number of imidazole rings is 1. The molecule has 1 aromatic carbocycles. The highest BCUT2D eigenvalue weighted by atomic mass is 16.5. The third kappa shape index (κ3) is 1.88. The van der Waals surface area contributed by atoms with E-state index < -0.39 is 5.97 Å². The third-order valence-corrected chi connectivity index (χ3v) is 2.56. The first-order chi connectivity index (χ1) is 8.54. The number of benzene rings is 1. The Morgan fingerprint density at radius 3 is 2.72 bits per heavy atom. The van der Waals surface area contributed by atoms with E-state index in [1.807, 2.05) is 0 Å². The Labute approximate surface area is 103 Å². The number of carboxylic acid groups (broad SMARTS) is 1. The summed E-state index contributed by atoms with van der Waals surface area (Å²) in [7, 11) is 1.53. The van der Waals surface area contributed by atoms with Gasteiger partial charge >= 0.3 is 5.97 Å².